The Morgan fingerprint density at radius 3 is 2.70 bits per heavy atom. The number of carbonyl (C=O) groups excluding carboxylic acids is 1. The Morgan fingerprint density at radius 2 is 2.40 bits per heavy atom. The minimum Gasteiger partial charge on any atom is -0.336 e. The topological polar surface area (TPSA) is 45.8 Å². The van der Waals surface area contributed by atoms with Crippen LogP contribution in [-0.2, 0) is 0 Å². The van der Waals surface area contributed by atoms with Gasteiger partial charge in [0.25, 0.3) is 0 Å². The first-order valence-electron chi connectivity index (χ1n) is 2.83. The maximum Gasteiger partial charge on any atom is 0.170 e. The summed E-state index contributed by atoms with van der Waals surface area (Å²) >= 11 is 1.49. The summed E-state index contributed by atoms with van der Waals surface area (Å²) in [6.07, 6.45) is 2.67. The summed E-state index contributed by atoms with van der Waals surface area (Å²) in [7, 11) is 0. The molecule has 0 saturated carbocycles. The van der Waals surface area contributed by atoms with Gasteiger partial charge in [0, 0.05) is 5.69 Å². The third-order valence-corrected chi connectivity index (χ3v) is 1.79. The molecule has 0 aromatic carbocycles. The highest BCUT2D eigenvalue weighted by Gasteiger charge is 2.02. The zero-order chi connectivity index (χ0) is 7.56. The summed E-state index contributed by atoms with van der Waals surface area (Å²) in [6, 6.07) is 0. The second kappa shape index (κ2) is 2.88. The minimum atomic E-state index is 0.504. The van der Waals surface area contributed by atoms with Gasteiger partial charge in [0.15, 0.2) is 11.4 Å². The number of carbonyl (C=O) groups is 1. The summed E-state index contributed by atoms with van der Waals surface area (Å²) in [4.78, 5) is 17.2. The van der Waals surface area contributed by atoms with E-state index in [2.05, 4.69) is 9.97 Å². The van der Waals surface area contributed by atoms with Crippen molar-refractivity contribution in [1.29, 1.82) is 0 Å². The average molecular weight is 156 g/mol. The molecule has 0 amide bonds. The molecule has 0 fully saturated rings. The van der Waals surface area contributed by atoms with Crippen molar-refractivity contribution in [2.45, 2.75) is 12.1 Å². The van der Waals surface area contributed by atoms with Crippen LogP contribution in [0.5, 0.6) is 0 Å². The number of aryl methyl sites for hydroxylation is 1. The molecule has 0 unspecified atom stereocenters. The zero-order valence-corrected chi connectivity index (χ0v) is 6.66. The van der Waals surface area contributed by atoms with Crippen LogP contribution in [0.4, 0.5) is 0 Å². The third kappa shape index (κ3) is 1.21. The Labute approximate surface area is 63.2 Å². The van der Waals surface area contributed by atoms with Crippen LogP contribution in [0.15, 0.2) is 5.16 Å². The molecule has 4 heteroatoms. The van der Waals surface area contributed by atoms with Crippen LogP contribution in [0.25, 0.3) is 0 Å². The maximum atomic E-state index is 10.3. The first-order chi connectivity index (χ1) is 4.77. The molecule has 0 atom stereocenters. The van der Waals surface area contributed by atoms with Crippen molar-refractivity contribution in [1.82, 2.24) is 9.97 Å². The summed E-state index contributed by atoms with van der Waals surface area (Å²) in [5.74, 6) is 0. The fraction of sp³-hybridized carbons (Fsp3) is 0.333. The third-order valence-electron chi connectivity index (χ3n) is 1.21. The Hall–Kier alpha value is -0.770. The summed E-state index contributed by atoms with van der Waals surface area (Å²) < 4.78 is 0. The number of nitrogens with zero attached hydrogens (tertiary/aromatic N) is 1. The molecular formula is C6H8N2OS. The lowest BCUT2D eigenvalue weighted by Crippen LogP contribution is -1.81. The number of aldehydes is 1. The van der Waals surface area contributed by atoms with E-state index >= 15 is 0 Å². The second-order valence-electron chi connectivity index (χ2n) is 1.87. The summed E-state index contributed by atoms with van der Waals surface area (Å²) in [5.41, 5.74) is 1.34. The molecule has 1 aromatic rings. The van der Waals surface area contributed by atoms with Gasteiger partial charge < -0.3 is 4.98 Å². The Balaban J connectivity index is 3.03. The van der Waals surface area contributed by atoms with Crippen molar-refractivity contribution in [3.05, 3.63) is 11.4 Å². The number of thioether (sulfide) groups is 1. The molecular weight excluding hydrogens is 148 g/mol. The molecule has 3 nitrogen and oxygen atoms in total. The number of nitrogens with one attached hydrogen (secondary N) is 1. The Morgan fingerprint density at radius 1 is 1.70 bits per heavy atom. The van der Waals surface area contributed by atoms with Crippen molar-refractivity contribution in [3.63, 3.8) is 0 Å². The zero-order valence-electron chi connectivity index (χ0n) is 5.84. The van der Waals surface area contributed by atoms with E-state index in [0.717, 1.165) is 17.1 Å². The number of H-pyrrole nitrogens is 1. The van der Waals surface area contributed by atoms with Gasteiger partial charge in [-0.25, -0.2) is 4.98 Å². The predicted octanol–water partition coefficient (Wildman–Crippen LogP) is 1.25. The molecule has 0 spiro atoms. The van der Waals surface area contributed by atoms with Crippen molar-refractivity contribution in [2.24, 2.45) is 0 Å². The number of hydrogen-bond acceptors (Lipinski definition) is 3. The minimum absolute atomic E-state index is 0.504. The molecule has 1 heterocycles. The highest BCUT2D eigenvalue weighted by Crippen LogP contribution is 2.11. The van der Waals surface area contributed by atoms with Gasteiger partial charge in [-0.3, -0.25) is 4.79 Å². The molecule has 0 aliphatic carbocycles. The van der Waals surface area contributed by atoms with E-state index in [0.29, 0.717) is 5.69 Å². The molecule has 1 aromatic heterocycles. The lowest BCUT2D eigenvalue weighted by molar-refractivity contribution is 0.111. The van der Waals surface area contributed by atoms with Crippen molar-refractivity contribution < 1.29 is 4.79 Å². The van der Waals surface area contributed by atoms with Gasteiger partial charge in [0.1, 0.15) is 5.69 Å². The van der Waals surface area contributed by atoms with Gasteiger partial charge in [-0.05, 0) is 13.2 Å². The first-order valence-corrected chi connectivity index (χ1v) is 4.06. The van der Waals surface area contributed by atoms with Gasteiger partial charge in [-0.15, -0.1) is 0 Å². The van der Waals surface area contributed by atoms with Gasteiger partial charge in [-0.1, -0.05) is 11.8 Å². The van der Waals surface area contributed by atoms with Crippen LogP contribution in [0.3, 0.4) is 0 Å². The first kappa shape index (κ1) is 7.34. The van der Waals surface area contributed by atoms with E-state index in [4.69, 9.17) is 0 Å². The van der Waals surface area contributed by atoms with Crippen molar-refractivity contribution in [3.8, 4) is 0 Å². The monoisotopic (exact) mass is 156 g/mol. The molecule has 10 heavy (non-hydrogen) atoms. The van der Waals surface area contributed by atoms with Crippen LogP contribution < -0.4 is 0 Å². The number of imidazole rings is 1. The van der Waals surface area contributed by atoms with Crippen LogP contribution in [0.1, 0.15) is 16.2 Å². The van der Waals surface area contributed by atoms with Crippen LogP contribution in [0.2, 0.25) is 0 Å². The lowest BCUT2D eigenvalue weighted by Gasteiger charge is -1.81. The molecule has 0 aliphatic rings. The Kier molecular flexibility index (Phi) is 2.11. The SMILES string of the molecule is CSc1nc(C=O)c(C)[nH]1. The normalized spacial score (nSPS) is 9.80. The van der Waals surface area contributed by atoms with E-state index in [-0.39, 0.29) is 0 Å². The van der Waals surface area contributed by atoms with Crippen LogP contribution >= 0.6 is 11.8 Å². The van der Waals surface area contributed by atoms with E-state index in [9.17, 15) is 4.79 Å². The van der Waals surface area contributed by atoms with Crippen molar-refractivity contribution in [2.75, 3.05) is 6.26 Å². The summed E-state index contributed by atoms with van der Waals surface area (Å²) in [6.45, 7) is 1.83. The Bertz CT molecular complexity index is 244. The maximum absolute atomic E-state index is 10.3. The van der Waals surface area contributed by atoms with Gasteiger partial charge >= 0.3 is 0 Å². The fourth-order valence-electron chi connectivity index (χ4n) is 0.657. The molecule has 1 rings (SSSR count). The van der Waals surface area contributed by atoms with E-state index in [1.54, 1.807) is 0 Å². The number of aromatic amines is 1. The quantitative estimate of drug-likeness (QED) is 0.517. The van der Waals surface area contributed by atoms with E-state index < -0.39 is 0 Å². The lowest BCUT2D eigenvalue weighted by atomic mass is 10.4. The smallest absolute Gasteiger partial charge is 0.170 e. The molecule has 0 saturated heterocycles. The number of hydrogen-bond donors (Lipinski definition) is 1. The molecule has 54 valence electrons. The number of rotatable bonds is 2. The van der Waals surface area contributed by atoms with Gasteiger partial charge in [0.2, 0.25) is 0 Å². The van der Waals surface area contributed by atoms with Crippen molar-refractivity contribution >= 4 is 18.0 Å². The number of aromatic nitrogens is 2. The van der Waals surface area contributed by atoms with E-state index in [1.807, 2.05) is 13.2 Å². The standard InChI is InChI=1S/C6H8N2OS/c1-4-5(3-9)8-6(7-4)10-2/h3H,1-2H3,(H,7,8). The molecule has 0 radical (unpaired) electrons. The molecule has 0 bridgehead atoms. The van der Waals surface area contributed by atoms with Gasteiger partial charge in [-0.2, -0.15) is 0 Å². The van der Waals surface area contributed by atoms with Gasteiger partial charge in [0.05, 0.1) is 0 Å². The second-order valence-corrected chi connectivity index (χ2v) is 2.67. The fourth-order valence-corrected chi connectivity index (χ4v) is 1.10. The highest BCUT2D eigenvalue weighted by molar-refractivity contribution is 7.98. The van der Waals surface area contributed by atoms with Crippen LogP contribution in [-0.4, -0.2) is 22.5 Å². The predicted molar refractivity (Wildman–Crippen MR) is 40.5 cm³/mol. The van der Waals surface area contributed by atoms with E-state index in [1.165, 1.54) is 11.8 Å². The largest absolute Gasteiger partial charge is 0.336 e. The average Bonchev–Trinajstić information content (AvgIpc) is 2.30. The highest BCUT2D eigenvalue weighted by atomic mass is 32.2. The van der Waals surface area contributed by atoms with Crippen LogP contribution in [0, 0.1) is 6.92 Å². The molecule has 0 aliphatic heterocycles. The summed E-state index contributed by atoms with van der Waals surface area (Å²) in [5, 5.41) is 0.791. The molecule has 1 N–H and O–H groups in total.